The van der Waals surface area contributed by atoms with Gasteiger partial charge in [-0.15, -0.1) is 0 Å². The van der Waals surface area contributed by atoms with E-state index in [4.69, 9.17) is 0 Å². The zero-order valence-electron chi connectivity index (χ0n) is 4.85. The van der Waals surface area contributed by atoms with E-state index in [0.29, 0.717) is 17.9 Å². The molecule has 8 heavy (non-hydrogen) atoms. The van der Waals surface area contributed by atoms with Gasteiger partial charge in [0, 0.05) is 12.0 Å². The molecule has 2 nitrogen and oxygen atoms in total. The lowest BCUT2D eigenvalue weighted by Crippen LogP contribution is -2.34. The van der Waals surface area contributed by atoms with Crippen molar-refractivity contribution in [3.63, 3.8) is 0 Å². The van der Waals surface area contributed by atoms with E-state index in [2.05, 4.69) is 12.2 Å². The number of amides is 1. The van der Waals surface area contributed by atoms with Crippen molar-refractivity contribution in [1.29, 1.82) is 0 Å². The Morgan fingerprint density at radius 2 is 2.50 bits per heavy atom. The standard InChI is InChI=1S/C6H9NO/c1-3-4-2-5(3)7-6(4)8/h3-5H,2H2,1H3,(H,7,8). The van der Waals surface area contributed by atoms with Crippen molar-refractivity contribution in [2.45, 2.75) is 19.4 Å². The minimum absolute atomic E-state index is 0.280. The number of carbonyl (C=O) groups excluding carboxylic acids is 1. The van der Waals surface area contributed by atoms with E-state index in [1.165, 1.54) is 0 Å². The molecule has 2 saturated heterocycles. The molecule has 0 aromatic carbocycles. The van der Waals surface area contributed by atoms with Gasteiger partial charge in [0.2, 0.25) is 5.91 Å². The van der Waals surface area contributed by atoms with Gasteiger partial charge in [0.1, 0.15) is 0 Å². The van der Waals surface area contributed by atoms with Crippen LogP contribution in [0.25, 0.3) is 0 Å². The third-order valence-corrected chi connectivity index (χ3v) is 2.44. The van der Waals surface area contributed by atoms with Crippen molar-refractivity contribution in [1.82, 2.24) is 5.32 Å². The quantitative estimate of drug-likeness (QED) is 0.473. The van der Waals surface area contributed by atoms with Crippen molar-refractivity contribution in [2.75, 3.05) is 0 Å². The van der Waals surface area contributed by atoms with E-state index >= 15 is 0 Å². The molecule has 2 heterocycles. The fraction of sp³-hybridized carbons (Fsp3) is 0.833. The first kappa shape index (κ1) is 4.36. The summed E-state index contributed by atoms with van der Waals surface area (Å²) in [7, 11) is 0. The lowest BCUT2D eigenvalue weighted by Gasteiger charge is -2.28. The first-order chi connectivity index (χ1) is 3.79. The highest BCUT2D eigenvalue weighted by atomic mass is 16.2. The molecule has 0 aromatic rings. The molecular formula is C6H9NO. The van der Waals surface area contributed by atoms with Gasteiger partial charge in [-0.25, -0.2) is 0 Å². The van der Waals surface area contributed by atoms with Crippen LogP contribution in [-0.2, 0) is 4.79 Å². The molecule has 0 spiro atoms. The second-order valence-corrected chi connectivity index (χ2v) is 2.82. The maximum absolute atomic E-state index is 10.7. The summed E-state index contributed by atoms with van der Waals surface area (Å²) in [6.07, 6.45) is 1.10. The van der Waals surface area contributed by atoms with Gasteiger partial charge in [-0.2, -0.15) is 0 Å². The van der Waals surface area contributed by atoms with E-state index in [1.54, 1.807) is 0 Å². The second-order valence-electron chi connectivity index (χ2n) is 2.82. The number of carbonyl (C=O) groups is 1. The Balaban J connectivity index is 2.24. The van der Waals surface area contributed by atoms with Crippen LogP contribution < -0.4 is 5.32 Å². The smallest absolute Gasteiger partial charge is 0.223 e. The topological polar surface area (TPSA) is 29.1 Å². The maximum atomic E-state index is 10.7. The summed E-state index contributed by atoms with van der Waals surface area (Å²) < 4.78 is 0. The SMILES string of the molecule is CC1C2CC1C(=O)N2. The van der Waals surface area contributed by atoms with Crippen LogP contribution in [0.3, 0.4) is 0 Å². The number of hydrogen-bond donors (Lipinski definition) is 1. The third-order valence-electron chi connectivity index (χ3n) is 2.44. The Labute approximate surface area is 48.3 Å². The average molecular weight is 111 g/mol. The maximum Gasteiger partial charge on any atom is 0.223 e. The Kier molecular flexibility index (Phi) is 0.581. The van der Waals surface area contributed by atoms with Gasteiger partial charge in [-0.3, -0.25) is 4.79 Å². The molecule has 3 aliphatic rings. The third kappa shape index (κ3) is 0.288. The van der Waals surface area contributed by atoms with Crippen LogP contribution in [0.4, 0.5) is 0 Å². The van der Waals surface area contributed by atoms with Crippen LogP contribution in [0.2, 0.25) is 0 Å². The van der Waals surface area contributed by atoms with E-state index in [1.807, 2.05) is 0 Å². The zero-order valence-corrected chi connectivity index (χ0v) is 4.85. The van der Waals surface area contributed by atoms with Crippen molar-refractivity contribution in [3.8, 4) is 0 Å². The number of hydrogen-bond acceptors (Lipinski definition) is 1. The number of rotatable bonds is 0. The van der Waals surface area contributed by atoms with Crippen LogP contribution in [0.15, 0.2) is 0 Å². The van der Waals surface area contributed by atoms with Crippen LogP contribution in [0.1, 0.15) is 13.3 Å². The lowest BCUT2D eigenvalue weighted by molar-refractivity contribution is -0.122. The monoisotopic (exact) mass is 111 g/mol. The number of nitrogens with one attached hydrogen (secondary N) is 1. The van der Waals surface area contributed by atoms with Gasteiger partial charge < -0.3 is 5.32 Å². The van der Waals surface area contributed by atoms with Gasteiger partial charge in [0.15, 0.2) is 0 Å². The van der Waals surface area contributed by atoms with Gasteiger partial charge >= 0.3 is 0 Å². The normalized spacial score (nSPS) is 50.6. The Hall–Kier alpha value is -0.530. The molecule has 3 atom stereocenters. The van der Waals surface area contributed by atoms with Gasteiger partial charge in [-0.1, -0.05) is 6.92 Å². The summed E-state index contributed by atoms with van der Waals surface area (Å²) in [5.74, 6) is 1.28. The molecule has 2 bridgehead atoms. The molecule has 0 radical (unpaired) electrons. The highest BCUT2D eigenvalue weighted by Crippen LogP contribution is 2.40. The second kappa shape index (κ2) is 1.07. The van der Waals surface area contributed by atoms with E-state index in [9.17, 15) is 4.79 Å². The summed E-state index contributed by atoms with van der Waals surface area (Å²) in [6.45, 7) is 2.14. The highest BCUT2D eigenvalue weighted by Gasteiger charge is 2.49. The zero-order chi connectivity index (χ0) is 5.72. The first-order valence-corrected chi connectivity index (χ1v) is 3.09. The van der Waals surface area contributed by atoms with Crippen LogP contribution >= 0.6 is 0 Å². The molecular weight excluding hydrogens is 102 g/mol. The molecule has 2 heteroatoms. The summed E-state index contributed by atoms with van der Waals surface area (Å²) in [4.78, 5) is 10.7. The predicted molar refractivity (Wildman–Crippen MR) is 29.2 cm³/mol. The minimum atomic E-state index is 0.280. The fourth-order valence-electron chi connectivity index (χ4n) is 1.61. The largest absolute Gasteiger partial charge is 0.353 e. The van der Waals surface area contributed by atoms with Crippen molar-refractivity contribution in [3.05, 3.63) is 0 Å². The molecule has 1 N–H and O–H groups in total. The molecule has 0 aromatic heterocycles. The van der Waals surface area contributed by atoms with E-state index in [0.717, 1.165) is 6.42 Å². The molecule has 3 rings (SSSR count). The molecule has 3 fully saturated rings. The molecule has 2 aliphatic heterocycles. The predicted octanol–water partition coefficient (Wildman–Crippen LogP) is 0.141. The Morgan fingerprint density at radius 1 is 1.75 bits per heavy atom. The number of fused-ring (bicyclic) bond motifs is 1. The van der Waals surface area contributed by atoms with Crippen LogP contribution in [-0.4, -0.2) is 11.9 Å². The van der Waals surface area contributed by atoms with Crippen molar-refractivity contribution in [2.24, 2.45) is 11.8 Å². The summed E-state index contributed by atoms with van der Waals surface area (Å²) in [5, 5.41) is 2.90. The van der Waals surface area contributed by atoms with Crippen molar-refractivity contribution >= 4 is 5.91 Å². The van der Waals surface area contributed by atoms with Crippen LogP contribution in [0, 0.1) is 11.8 Å². The molecule has 3 unspecified atom stereocenters. The molecule has 1 amide bonds. The molecule has 1 aliphatic carbocycles. The highest BCUT2D eigenvalue weighted by molar-refractivity contribution is 5.84. The summed E-state index contributed by atoms with van der Waals surface area (Å²) in [6, 6.07) is 0.535. The van der Waals surface area contributed by atoms with Gasteiger partial charge in [0.25, 0.3) is 0 Å². The minimum Gasteiger partial charge on any atom is -0.353 e. The van der Waals surface area contributed by atoms with E-state index < -0.39 is 0 Å². The average Bonchev–Trinajstić information content (AvgIpc) is 2.19. The van der Waals surface area contributed by atoms with Gasteiger partial charge in [-0.05, 0) is 12.3 Å². The lowest BCUT2D eigenvalue weighted by atomic mass is 9.75. The Bertz CT molecular complexity index is 143. The molecule has 1 saturated carbocycles. The summed E-state index contributed by atoms with van der Waals surface area (Å²) in [5.41, 5.74) is 0. The van der Waals surface area contributed by atoms with Crippen LogP contribution in [0.5, 0.6) is 0 Å². The first-order valence-electron chi connectivity index (χ1n) is 3.09. The van der Waals surface area contributed by atoms with Gasteiger partial charge in [0.05, 0.1) is 0 Å². The fourth-order valence-corrected chi connectivity index (χ4v) is 1.61. The van der Waals surface area contributed by atoms with Crippen molar-refractivity contribution < 1.29 is 4.79 Å². The van der Waals surface area contributed by atoms with E-state index in [-0.39, 0.29) is 5.91 Å². The summed E-state index contributed by atoms with van der Waals surface area (Å²) >= 11 is 0. The molecule has 44 valence electrons. The Morgan fingerprint density at radius 3 is 2.62 bits per heavy atom.